The Bertz CT molecular complexity index is 997. The van der Waals surface area contributed by atoms with E-state index in [9.17, 15) is 14.7 Å². The Balaban J connectivity index is 1.99. The second-order valence-corrected chi connectivity index (χ2v) is 7.51. The lowest BCUT2D eigenvalue weighted by atomic mass is 9.90. The van der Waals surface area contributed by atoms with Crippen LogP contribution in [0.3, 0.4) is 0 Å². The van der Waals surface area contributed by atoms with Gasteiger partial charge in [0.15, 0.2) is 0 Å². The van der Waals surface area contributed by atoms with Crippen molar-refractivity contribution in [3.63, 3.8) is 0 Å². The third-order valence-electron chi connectivity index (χ3n) is 4.84. The van der Waals surface area contributed by atoms with E-state index in [2.05, 4.69) is 0 Å². The lowest BCUT2D eigenvalue weighted by Gasteiger charge is -2.32. The van der Waals surface area contributed by atoms with Crippen molar-refractivity contribution in [2.45, 2.75) is 32.8 Å². The Morgan fingerprint density at radius 3 is 2.73 bits per heavy atom. The average Bonchev–Trinajstić information content (AvgIpc) is 2.59. The van der Waals surface area contributed by atoms with Gasteiger partial charge in [-0.2, -0.15) is 0 Å². The molecule has 1 unspecified atom stereocenters. The molecule has 0 fully saturated rings. The SMILES string of the molecule is Cn1c(=O)c2c(c3ccccc31)OC(C)(CC=CC(C)(C)C(=O)O)C=C2. The van der Waals surface area contributed by atoms with Gasteiger partial charge in [0.25, 0.3) is 5.56 Å². The maximum atomic E-state index is 12.6. The normalized spacial score (nSPS) is 19.5. The fourth-order valence-electron chi connectivity index (χ4n) is 3.04. The first-order valence-electron chi connectivity index (χ1n) is 8.56. The van der Waals surface area contributed by atoms with Crippen LogP contribution >= 0.6 is 0 Å². The number of aromatic nitrogens is 1. The van der Waals surface area contributed by atoms with Gasteiger partial charge in [0.05, 0.1) is 16.5 Å². The summed E-state index contributed by atoms with van der Waals surface area (Å²) in [6.45, 7) is 5.23. The molecule has 0 saturated carbocycles. The second-order valence-electron chi connectivity index (χ2n) is 7.51. The number of carboxylic acid groups (broad SMARTS) is 1. The van der Waals surface area contributed by atoms with Gasteiger partial charge in [-0.25, -0.2) is 0 Å². The van der Waals surface area contributed by atoms with E-state index in [0.29, 0.717) is 17.7 Å². The highest BCUT2D eigenvalue weighted by atomic mass is 16.5. The standard InChI is InChI=1S/C21H23NO4/c1-20(2,19(24)25)11-7-12-21(3)13-10-15-17(26-21)14-8-5-6-9-16(14)22(4)18(15)23/h5-11,13H,12H2,1-4H3,(H,24,25). The van der Waals surface area contributed by atoms with E-state index in [4.69, 9.17) is 4.74 Å². The van der Waals surface area contributed by atoms with Crippen molar-refractivity contribution in [1.29, 1.82) is 0 Å². The minimum absolute atomic E-state index is 0.0976. The highest BCUT2D eigenvalue weighted by Gasteiger charge is 2.30. The quantitative estimate of drug-likeness (QED) is 0.850. The largest absolute Gasteiger partial charge is 0.482 e. The van der Waals surface area contributed by atoms with E-state index in [1.165, 1.54) is 0 Å². The molecule has 1 aromatic carbocycles. The maximum absolute atomic E-state index is 12.6. The highest BCUT2D eigenvalue weighted by Crippen LogP contribution is 2.36. The Morgan fingerprint density at radius 2 is 2.04 bits per heavy atom. The molecular weight excluding hydrogens is 330 g/mol. The zero-order chi connectivity index (χ0) is 19.1. The number of hydrogen-bond donors (Lipinski definition) is 1. The summed E-state index contributed by atoms with van der Waals surface area (Å²) in [5.41, 5.74) is -0.322. The molecule has 1 aliphatic rings. The summed E-state index contributed by atoms with van der Waals surface area (Å²) >= 11 is 0. The topological polar surface area (TPSA) is 68.5 Å². The number of fused-ring (bicyclic) bond motifs is 3. The van der Waals surface area contributed by atoms with Crippen LogP contribution < -0.4 is 10.3 Å². The van der Waals surface area contributed by atoms with Crippen molar-refractivity contribution < 1.29 is 14.6 Å². The van der Waals surface area contributed by atoms with Crippen LogP contribution in [0, 0.1) is 5.41 Å². The minimum Gasteiger partial charge on any atom is -0.482 e. The first-order valence-corrected chi connectivity index (χ1v) is 8.56. The summed E-state index contributed by atoms with van der Waals surface area (Å²) in [6, 6.07) is 7.64. The molecule has 2 aromatic rings. The molecular formula is C21H23NO4. The number of aryl methyl sites for hydroxylation is 1. The molecule has 0 radical (unpaired) electrons. The summed E-state index contributed by atoms with van der Waals surface area (Å²) in [7, 11) is 1.75. The molecule has 136 valence electrons. The molecule has 1 aliphatic heterocycles. The van der Waals surface area contributed by atoms with Gasteiger partial charge in [-0.3, -0.25) is 9.59 Å². The van der Waals surface area contributed by atoms with Crippen LogP contribution in [0.1, 0.15) is 32.8 Å². The van der Waals surface area contributed by atoms with Crippen molar-refractivity contribution in [2.24, 2.45) is 12.5 Å². The number of rotatable bonds is 4. The monoisotopic (exact) mass is 353 g/mol. The number of aliphatic carboxylic acids is 1. The molecule has 3 rings (SSSR count). The molecule has 2 heterocycles. The summed E-state index contributed by atoms with van der Waals surface area (Å²) in [5.74, 6) is -0.293. The van der Waals surface area contributed by atoms with Crippen LogP contribution in [-0.4, -0.2) is 21.2 Å². The average molecular weight is 353 g/mol. The predicted molar refractivity (Wildman–Crippen MR) is 102 cm³/mol. The first-order chi connectivity index (χ1) is 12.1. The lowest BCUT2D eigenvalue weighted by Crippen LogP contribution is -2.34. The van der Waals surface area contributed by atoms with Gasteiger partial charge in [0.1, 0.15) is 11.4 Å². The van der Waals surface area contributed by atoms with Gasteiger partial charge in [-0.1, -0.05) is 24.3 Å². The Kier molecular flexibility index (Phi) is 4.26. The van der Waals surface area contributed by atoms with Crippen LogP contribution in [-0.2, 0) is 11.8 Å². The van der Waals surface area contributed by atoms with E-state index in [-0.39, 0.29) is 5.56 Å². The van der Waals surface area contributed by atoms with E-state index in [1.807, 2.05) is 49.4 Å². The Morgan fingerprint density at radius 1 is 1.35 bits per heavy atom. The molecule has 0 saturated heterocycles. The van der Waals surface area contributed by atoms with Gasteiger partial charge >= 0.3 is 5.97 Å². The smallest absolute Gasteiger partial charge is 0.312 e. The van der Waals surface area contributed by atoms with Crippen molar-refractivity contribution in [1.82, 2.24) is 4.57 Å². The lowest BCUT2D eigenvalue weighted by molar-refractivity contribution is -0.144. The van der Waals surface area contributed by atoms with Gasteiger partial charge in [-0.15, -0.1) is 0 Å². The summed E-state index contributed by atoms with van der Waals surface area (Å²) < 4.78 is 7.87. The van der Waals surface area contributed by atoms with Crippen molar-refractivity contribution >= 4 is 22.9 Å². The first kappa shape index (κ1) is 18.0. The van der Waals surface area contributed by atoms with Crippen LogP contribution in [0.5, 0.6) is 5.75 Å². The minimum atomic E-state index is -0.935. The van der Waals surface area contributed by atoms with Crippen LogP contribution in [0.4, 0.5) is 0 Å². The van der Waals surface area contributed by atoms with Crippen molar-refractivity contribution in [3.05, 3.63) is 58.4 Å². The fraction of sp³-hybridized carbons (Fsp3) is 0.333. The molecule has 0 aliphatic carbocycles. The van der Waals surface area contributed by atoms with E-state index in [0.717, 1.165) is 10.9 Å². The predicted octanol–water partition coefficient (Wildman–Crippen LogP) is 3.76. The third kappa shape index (κ3) is 3.05. The van der Waals surface area contributed by atoms with Crippen LogP contribution in [0.15, 0.2) is 47.3 Å². The molecule has 0 amide bonds. The number of nitrogens with zero attached hydrogens (tertiary/aromatic N) is 1. The molecule has 5 heteroatoms. The van der Waals surface area contributed by atoms with Gasteiger partial charge in [0, 0.05) is 18.9 Å². The Hall–Kier alpha value is -2.82. The molecule has 26 heavy (non-hydrogen) atoms. The zero-order valence-electron chi connectivity index (χ0n) is 15.4. The Labute approximate surface area is 152 Å². The number of benzene rings is 1. The number of para-hydroxylation sites is 1. The molecule has 1 aromatic heterocycles. The maximum Gasteiger partial charge on any atom is 0.312 e. The van der Waals surface area contributed by atoms with Crippen molar-refractivity contribution in [3.8, 4) is 5.75 Å². The van der Waals surface area contributed by atoms with E-state index >= 15 is 0 Å². The molecule has 1 N–H and O–H groups in total. The van der Waals surface area contributed by atoms with Crippen LogP contribution in [0.2, 0.25) is 0 Å². The molecule has 0 spiro atoms. The van der Waals surface area contributed by atoms with E-state index < -0.39 is 17.0 Å². The fourth-order valence-corrected chi connectivity index (χ4v) is 3.04. The molecule has 0 bridgehead atoms. The molecule has 5 nitrogen and oxygen atoms in total. The van der Waals surface area contributed by atoms with Crippen molar-refractivity contribution in [2.75, 3.05) is 0 Å². The van der Waals surface area contributed by atoms with Gasteiger partial charge < -0.3 is 14.4 Å². The van der Waals surface area contributed by atoms with Gasteiger partial charge in [-0.05, 0) is 45.1 Å². The summed E-state index contributed by atoms with van der Waals surface area (Å²) in [6.07, 6.45) is 7.68. The summed E-state index contributed by atoms with van der Waals surface area (Å²) in [4.78, 5) is 23.8. The zero-order valence-corrected chi connectivity index (χ0v) is 15.4. The van der Waals surface area contributed by atoms with E-state index in [1.54, 1.807) is 31.5 Å². The highest BCUT2D eigenvalue weighted by molar-refractivity contribution is 5.89. The number of pyridine rings is 1. The number of carboxylic acids is 1. The second kappa shape index (κ2) is 6.16. The molecule has 1 atom stereocenters. The number of ether oxygens (including phenoxy) is 1. The summed E-state index contributed by atoms with van der Waals surface area (Å²) in [5, 5.41) is 10.1. The van der Waals surface area contributed by atoms with Crippen LogP contribution in [0.25, 0.3) is 17.0 Å². The number of carbonyl (C=O) groups is 1. The third-order valence-corrected chi connectivity index (χ3v) is 4.84. The van der Waals surface area contributed by atoms with Gasteiger partial charge in [0.2, 0.25) is 0 Å². The number of hydrogen-bond acceptors (Lipinski definition) is 3.